The topological polar surface area (TPSA) is 263 Å². The number of esters is 10. The molecule has 0 spiro atoms. The van der Waals surface area contributed by atoms with Crippen molar-refractivity contribution in [3.63, 3.8) is 0 Å². The summed E-state index contributed by atoms with van der Waals surface area (Å²) in [5.41, 5.74) is -10.9. The molecule has 2 atom stereocenters. The molecular formula is C69H90F36O20. The maximum atomic E-state index is 14.3. The second-order valence-corrected chi connectivity index (χ2v) is 29.9. The second-order valence-electron chi connectivity index (χ2n) is 29.9. The summed E-state index contributed by atoms with van der Waals surface area (Å²) >= 11 is 0. The molecule has 1 saturated carbocycles. The molecule has 0 N–H and O–H groups in total. The Labute approximate surface area is 687 Å². The zero-order valence-electron chi connectivity index (χ0n) is 68.4. The Morgan fingerprint density at radius 2 is 0.520 bits per heavy atom. The van der Waals surface area contributed by atoms with Gasteiger partial charge in [0.25, 0.3) is 11.8 Å². The molecule has 0 heterocycles. The van der Waals surface area contributed by atoms with Gasteiger partial charge >= 0.3 is 143 Å². The number of carbonyl (C=O) groups excluding carboxylic acids is 10. The van der Waals surface area contributed by atoms with Crippen LogP contribution in [0.5, 0.6) is 0 Å². The van der Waals surface area contributed by atoms with E-state index >= 15 is 0 Å². The first-order valence-corrected chi connectivity index (χ1v) is 35.6. The maximum absolute atomic E-state index is 14.3. The van der Waals surface area contributed by atoms with Crippen molar-refractivity contribution in [2.75, 3.05) is 66.1 Å². The normalized spacial score (nSPS) is 17.1. The van der Waals surface area contributed by atoms with Gasteiger partial charge in [-0.2, -0.15) is 105 Å². The van der Waals surface area contributed by atoms with Crippen LogP contribution < -0.4 is 0 Å². The Hall–Kier alpha value is -7.82. The van der Waals surface area contributed by atoms with E-state index in [1.54, 1.807) is 76.2 Å². The Kier molecular flexibility index (Phi) is 45.9. The third-order valence-electron chi connectivity index (χ3n) is 17.3. The van der Waals surface area contributed by atoms with Crippen LogP contribution in [0, 0.1) is 27.1 Å². The molecule has 1 rings (SSSR count). The molecule has 0 aromatic carbocycles. The third kappa shape index (κ3) is 37.8. The van der Waals surface area contributed by atoms with Crippen molar-refractivity contribution in [1.29, 1.82) is 0 Å². The fraction of sp³-hybridized carbons (Fsp3) is 0.855. The Morgan fingerprint density at radius 3 is 0.744 bits per heavy atom. The van der Waals surface area contributed by atoms with Gasteiger partial charge in [-0.15, -0.1) is 0 Å². The van der Waals surface area contributed by atoms with Crippen molar-refractivity contribution in [3.05, 3.63) is 0 Å². The summed E-state index contributed by atoms with van der Waals surface area (Å²) in [6, 6.07) is 0. The van der Waals surface area contributed by atoms with Crippen LogP contribution in [0.2, 0.25) is 0 Å². The highest BCUT2D eigenvalue weighted by atomic mass is 19.4. The first-order valence-electron chi connectivity index (χ1n) is 35.6. The maximum Gasteiger partial charge on any atom is 0.453 e. The number of alkyl halides is 36. The second kappa shape index (κ2) is 46.4. The summed E-state index contributed by atoms with van der Waals surface area (Å²) in [6.07, 6.45) is -38.6. The van der Waals surface area contributed by atoms with Crippen molar-refractivity contribution < 1.29 is 253 Å². The van der Waals surface area contributed by atoms with E-state index in [1.807, 2.05) is 0 Å². The fourth-order valence-corrected chi connectivity index (χ4v) is 7.37. The summed E-state index contributed by atoms with van der Waals surface area (Å²) in [7, 11) is 0. The number of ether oxygens (including phenoxy) is 10. The van der Waals surface area contributed by atoms with Crippen molar-refractivity contribution in [1.82, 2.24) is 0 Å². The molecule has 1 aliphatic carbocycles. The standard InChI is InChI=1S/C15H16F10O4.C14H19F7O4.C14H20F6O4.C13H17F7O4.C13H18F6O4/c1-4-10(2,3)8(26)28-5-6-29-9(27)11(17)12(18,19)7(16)13(20,21)15(24,25)14(11,22)23;1-4-11(2,3)9(22)24-5-6-25-10(23)13(17,18)7-12(15,16)8-14(19,20)21;1-4-12(2,3)10(21)23-5-6-24-11(22)14(19,20)8-13(17,18)7-9(15)16;1-4-10(2,3)8(21)23-5-6-24-9(22)11(14,15)7-12(16,17)13(18,19)20;1-4-11(2,3)9(20)22-5-6-23-10(21)13(18,19)7-12(16,17)8(14)15/h7H,4-6H2,1-3H3;4-8H2,1-3H3;9H,4-8H2,1-3H3;4-7H2,1-3H3;8H,4-7H2,1-3H3. The van der Waals surface area contributed by atoms with Crippen LogP contribution >= 0.6 is 0 Å². The van der Waals surface area contributed by atoms with E-state index in [4.69, 9.17) is 4.74 Å². The van der Waals surface area contributed by atoms with Gasteiger partial charge in [0, 0.05) is 0 Å². The molecule has 0 amide bonds. The molecule has 125 heavy (non-hydrogen) atoms. The van der Waals surface area contributed by atoms with Gasteiger partial charge in [-0.3, -0.25) is 24.0 Å². The van der Waals surface area contributed by atoms with Gasteiger partial charge in [-0.1, -0.05) is 34.6 Å². The zero-order valence-corrected chi connectivity index (χ0v) is 68.4. The molecule has 0 aromatic rings. The molecule has 0 aliphatic heterocycles. The van der Waals surface area contributed by atoms with Gasteiger partial charge in [0.05, 0.1) is 59.2 Å². The number of halogens is 36. The number of hydrogen-bond acceptors (Lipinski definition) is 20. The Bertz CT molecular complexity index is 3470. The number of hydrogen-bond donors (Lipinski definition) is 0. The first kappa shape index (κ1) is 123. The molecule has 0 radical (unpaired) electrons. The zero-order chi connectivity index (χ0) is 100. The molecule has 20 nitrogen and oxygen atoms in total. The van der Waals surface area contributed by atoms with Gasteiger partial charge in [0.1, 0.15) is 72.5 Å². The van der Waals surface area contributed by atoms with Gasteiger partial charge in [-0.05, 0) is 101 Å². The monoisotopic (exact) mass is 1920 g/mol. The van der Waals surface area contributed by atoms with Gasteiger partial charge in [0.2, 0.25) is 12.6 Å². The van der Waals surface area contributed by atoms with E-state index in [2.05, 4.69) is 42.6 Å². The Balaban J connectivity index is -0.000000734. The minimum atomic E-state index is -7.05. The quantitative estimate of drug-likeness (QED) is 0.0238. The number of rotatable bonds is 42. The molecular weight excluding hydrogens is 1830 g/mol. The first-order chi connectivity index (χ1) is 55.3. The van der Waals surface area contributed by atoms with E-state index in [-0.39, 0.29) is 6.42 Å². The van der Waals surface area contributed by atoms with Gasteiger partial charge in [0.15, 0.2) is 0 Å². The molecule has 1 aliphatic rings. The SMILES string of the molecule is CCC(C)(C)C(=O)OCCOC(=O)C(F)(F)CC(F)(F)C(F)(F)F.CCC(C)(C)C(=O)OCCOC(=O)C(F)(F)CC(F)(F)C(F)F.CCC(C)(C)C(=O)OCCOC(=O)C(F)(F)CC(F)(F)CC(F)(F)F.CCC(C)(C)C(=O)OCCOC(=O)C(F)(F)CC(F)(F)CC(F)F.CCC(C)(C)C(=O)OCCOC(=O)C1(F)C(F)(F)C(F)C(F)(F)C(F)(F)C1(F)F. The van der Waals surface area contributed by atoms with Crippen LogP contribution in [0.15, 0.2) is 0 Å². The lowest BCUT2D eigenvalue weighted by molar-refractivity contribution is -0.428. The minimum Gasteiger partial charge on any atom is -0.462 e. The molecule has 2 unspecified atom stereocenters. The summed E-state index contributed by atoms with van der Waals surface area (Å²) in [5, 5.41) is 0. The average molecular weight is 1920 g/mol. The van der Waals surface area contributed by atoms with Gasteiger partial charge < -0.3 is 47.4 Å². The number of carbonyl (C=O) groups is 10. The minimum absolute atomic E-state index is 0.249. The highest BCUT2D eigenvalue weighted by Gasteiger charge is 2.97. The van der Waals surface area contributed by atoms with E-state index in [1.165, 1.54) is 27.7 Å². The Morgan fingerprint density at radius 1 is 0.296 bits per heavy atom. The molecule has 56 heteroatoms. The van der Waals surface area contributed by atoms with Crippen LogP contribution in [-0.2, 0) is 95.3 Å². The molecule has 738 valence electrons. The lowest BCUT2D eigenvalue weighted by atomic mass is 9.73. The van der Waals surface area contributed by atoms with Crippen LogP contribution in [0.25, 0.3) is 0 Å². The highest BCUT2D eigenvalue weighted by molar-refractivity contribution is 5.84. The molecule has 0 saturated heterocycles. The third-order valence-corrected chi connectivity index (χ3v) is 17.3. The van der Waals surface area contributed by atoms with Crippen molar-refractivity contribution in [2.24, 2.45) is 27.1 Å². The predicted molar refractivity (Wildman–Crippen MR) is 350 cm³/mol. The van der Waals surface area contributed by atoms with E-state index in [0.717, 1.165) is 0 Å². The van der Waals surface area contributed by atoms with Crippen LogP contribution in [0.3, 0.4) is 0 Å². The summed E-state index contributed by atoms with van der Waals surface area (Å²) in [6.45, 7) is 15.7. The van der Waals surface area contributed by atoms with E-state index in [0.29, 0.717) is 25.7 Å². The lowest BCUT2D eigenvalue weighted by Crippen LogP contribution is -2.82. The largest absolute Gasteiger partial charge is 0.462 e. The summed E-state index contributed by atoms with van der Waals surface area (Å²) < 4.78 is 504. The van der Waals surface area contributed by atoms with Crippen molar-refractivity contribution >= 4 is 59.7 Å². The van der Waals surface area contributed by atoms with Crippen molar-refractivity contribution in [2.45, 2.75) is 283 Å². The molecule has 0 aromatic heterocycles. The van der Waals surface area contributed by atoms with Crippen LogP contribution in [-0.4, -0.2) is 234 Å². The van der Waals surface area contributed by atoms with Crippen molar-refractivity contribution in [3.8, 4) is 0 Å². The fourth-order valence-electron chi connectivity index (χ4n) is 7.37. The molecule has 0 bridgehead atoms. The average Bonchev–Trinajstić information content (AvgIpc) is 0.672. The highest BCUT2D eigenvalue weighted by Crippen LogP contribution is 2.65. The van der Waals surface area contributed by atoms with Crippen LogP contribution in [0.4, 0.5) is 158 Å². The van der Waals surface area contributed by atoms with Crippen LogP contribution in [0.1, 0.15) is 174 Å². The predicted octanol–water partition coefficient (Wildman–Crippen LogP) is 19.2. The smallest absolute Gasteiger partial charge is 0.453 e. The van der Waals surface area contributed by atoms with E-state index < -0.39 is 299 Å². The molecule has 1 fully saturated rings. The van der Waals surface area contributed by atoms with Gasteiger partial charge in [-0.25, -0.2) is 76.7 Å². The lowest BCUT2D eigenvalue weighted by Gasteiger charge is -2.49. The summed E-state index contributed by atoms with van der Waals surface area (Å²) in [5.74, 6) is -83.3. The summed E-state index contributed by atoms with van der Waals surface area (Å²) in [4.78, 5) is 113. The van der Waals surface area contributed by atoms with E-state index in [9.17, 15) is 206 Å².